The molecule has 0 aromatic carbocycles. The van der Waals surface area contributed by atoms with Crippen LogP contribution in [0.5, 0.6) is 0 Å². The maximum atomic E-state index is 13.0. The maximum Gasteiger partial charge on any atom is 0.472 e. The molecule has 528 valence electrons. The van der Waals surface area contributed by atoms with Crippen LogP contribution in [0.2, 0.25) is 0 Å². The van der Waals surface area contributed by atoms with Gasteiger partial charge in [-0.1, -0.05) is 293 Å². The van der Waals surface area contributed by atoms with Gasteiger partial charge in [-0.25, -0.2) is 9.13 Å². The average molecular weight is 1310 g/mol. The molecule has 7 atom stereocenters. The summed E-state index contributed by atoms with van der Waals surface area (Å²) < 4.78 is 68.3. The zero-order valence-corrected chi connectivity index (χ0v) is 59.8. The van der Waals surface area contributed by atoms with Crippen LogP contribution in [-0.4, -0.2) is 96.7 Å². The Morgan fingerprint density at radius 3 is 0.798 bits per heavy atom. The summed E-state index contributed by atoms with van der Waals surface area (Å²) in [6.07, 6.45) is 41.7. The summed E-state index contributed by atoms with van der Waals surface area (Å²) in [5.74, 6) is 0.881. The molecule has 4 unspecified atom stereocenters. The van der Waals surface area contributed by atoms with Crippen molar-refractivity contribution in [3.63, 3.8) is 0 Å². The Balaban J connectivity index is 5.24. The van der Waals surface area contributed by atoms with E-state index in [-0.39, 0.29) is 25.7 Å². The number of carbonyl (C=O) groups excluding carboxylic acids is 4. The molecule has 3 N–H and O–H groups in total. The average Bonchev–Trinajstić information content (AvgIpc) is 3.54. The minimum atomic E-state index is -4.95. The van der Waals surface area contributed by atoms with Crippen molar-refractivity contribution in [3.05, 3.63) is 0 Å². The molecular formula is C70H136O17P2. The molecule has 0 rings (SSSR count). The predicted octanol–water partition coefficient (Wildman–Crippen LogP) is 19.7. The Hall–Kier alpha value is -1.94. The van der Waals surface area contributed by atoms with Gasteiger partial charge in [0.25, 0.3) is 0 Å². The van der Waals surface area contributed by atoms with Crippen LogP contribution < -0.4 is 0 Å². The van der Waals surface area contributed by atoms with Gasteiger partial charge in [-0.2, -0.15) is 0 Å². The van der Waals surface area contributed by atoms with Crippen LogP contribution in [0.15, 0.2) is 0 Å². The van der Waals surface area contributed by atoms with E-state index in [0.29, 0.717) is 31.6 Å². The molecule has 0 aromatic rings. The van der Waals surface area contributed by atoms with Crippen molar-refractivity contribution in [2.24, 2.45) is 23.7 Å². The lowest BCUT2D eigenvalue weighted by molar-refractivity contribution is -0.161. The number of ether oxygens (including phenoxy) is 4. The van der Waals surface area contributed by atoms with E-state index in [0.717, 1.165) is 114 Å². The second kappa shape index (κ2) is 59.8. The Morgan fingerprint density at radius 2 is 0.539 bits per heavy atom. The van der Waals surface area contributed by atoms with Crippen molar-refractivity contribution in [2.75, 3.05) is 39.6 Å². The Labute approximate surface area is 543 Å². The van der Waals surface area contributed by atoms with Gasteiger partial charge in [0.05, 0.1) is 26.4 Å². The lowest BCUT2D eigenvalue weighted by Crippen LogP contribution is -2.30. The van der Waals surface area contributed by atoms with E-state index in [1.54, 1.807) is 0 Å². The number of aliphatic hydroxyl groups excluding tert-OH is 1. The minimum Gasteiger partial charge on any atom is -0.462 e. The lowest BCUT2D eigenvalue weighted by Gasteiger charge is -2.21. The number of phosphoric ester groups is 2. The number of hydrogen-bond donors (Lipinski definition) is 3. The zero-order chi connectivity index (χ0) is 66.1. The van der Waals surface area contributed by atoms with Gasteiger partial charge in [-0.05, 0) is 49.4 Å². The summed E-state index contributed by atoms with van der Waals surface area (Å²) in [5, 5.41) is 10.6. The first-order valence-electron chi connectivity index (χ1n) is 36.3. The first kappa shape index (κ1) is 87.1. The summed E-state index contributed by atoms with van der Waals surface area (Å²) >= 11 is 0. The van der Waals surface area contributed by atoms with Crippen molar-refractivity contribution >= 4 is 39.5 Å². The third-order valence-corrected chi connectivity index (χ3v) is 18.7. The number of phosphoric acid groups is 2. The first-order chi connectivity index (χ1) is 42.7. The fraction of sp³-hybridized carbons (Fsp3) is 0.943. The molecule has 0 radical (unpaired) electrons. The summed E-state index contributed by atoms with van der Waals surface area (Å²) in [5.41, 5.74) is 0. The second-order valence-electron chi connectivity index (χ2n) is 26.7. The van der Waals surface area contributed by atoms with Gasteiger partial charge < -0.3 is 33.8 Å². The quantitative estimate of drug-likeness (QED) is 0.0222. The highest BCUT2D eigenvalue weighted by Gasteiger charge is 2.30. The zero-order valence-electron chi connectivity index (χ0n) is 58.1. The van der Waals surface area contributed by atoms with Crippen LogP contribution in [0.4, 0.5) is 0 Å². The molecule has 0 saturated heterocycles. The monoisotopic (exact) mass is 1310 g/mol. The molecule has 0 aliphatic carbocycles. The highest BCUT2D eigenvalue weighted by molar-refractivity contribution is 7.47. The van der Waals surface area contributed by atoms with Crippen LogP contribution in [0.25, 0.3) is 0 Å². The Bertz CT molecular complexity index is 1770. The molecule has 0 bridgehead atoms. The fourth-order valence-electron chi connectivity index (χ4n) is 10.4. The predicted molar refractivity (Wildman–Crippen MR) is 358 cm³/mol. The van der Waals surface area contributed by atoms with Gasteiger partial charge in [0.15, 0.2) is 12.2 Å². The highest BCUT2D eigenvalue weighted by Crippen LogP contribution is 2.45. The minimum absolute atomic E-state index is 0.103. The van der Waals surface area contributed by atoms with Crippen LogP contribution in [-0.2, 0) is 65.4 Å². The number of aliphatic hydroxyl groups is 1. The van der Waals surface area contributed by atoms with Gasteiger partial charge in [0.1, 0.15) is 19.3 Å². The molecule has 0 spiro atoms. The van der Waals surface area contributed by atoms with Crippen molar-refractivity contribution in [3.8, 4) is 0 Å². The Kier molecular flexibility index (Phi) is 58.5. The van der Waals surface area contributed by atoms with Gasteiger partial charge in [-0.15, -0.1) is 0 Å². The molecule has 0 fully saturated rings. The highest BCUT2D eigenvalue weighted by atomic mass is 31.2. The fourth-order valence-corrected chi connectivity index (χ4v) is 12.0. The SMILES string of the molecule is CCC(C)CCCCCCCCCCCCC(=O)OC[C@H](COP(=O)(O)OC[C@@H](O)COP(=O)(O)OC[C@@H](COC(=O)CCCCCCCCC(C)CC)OC(=O)CCCCCCCCCCCCCCC(C)C)OC(=O)CCCCCCCCCC(C)C. The number of unbranched alkanes of at least 4 members (excludes halogenated alkanes) is 31. The number of esters is 4. The van der Waals surface area contributed by atoms with Crippen molar-refractivity contribution in [1.82, 2.24) is 0 Å². The van der Waals surface area contributed by atoms with E-state index in [4.69, 9.17) is 37.0 Å². The molecule has 19 heteroatoms. The van der Waals surface area contributed by atoms with Gasteiger partial charge in [0.2, 0.25) is 0 Å². The summed E-state index contributed by atoms with van der Waals surface area (Å²) in [4.78, 5) is 72.5. The van der Waals surface area contributed by atoms with Crippen molar-refractivity contribution in [2.45, 2.75) is 363 Å². The molecule has 0 amide bonds. The van der Waals surface area contributed by atoms with Crippen molar-refractivity contribution in [1.29, 1.82) is 0 Å². The molecule has 0 aliphatic rings. The van der Waals surface area contributed by atoms with Crippen molar-refractivity contribution < 1.29 is 80.2 Å². The van der Waals surface area contributed by atoms with E-state index >= 15 is 0 Å². The summed E-state index contributed by atoms with van der Waals surface area (Å²) in [6.45, 7) is 14.1. The van der Waals surface area contributed by atoms with E-state index in [1.807, 2.05) is 0 Å². The first-order valence-corrected chi connectivity index (χ1v) is 39.3. The van der Waals surface area contributed by atoms with Gasteiger partial charge >= 0.3 is 39.5 Å². The number of hydrogen-bond acceptors (Lipinski definition) is 15. The van der Waals surface area contributed by atoms with Gasteiger partial charge in [-0.3, -0.25) is 37.3 Å². The van der Waals surface area contributed by atoms with E-state index in [1.165, 1.54) is 141 Å². The second-order valence-corrected chi connectivity index (χ2v) is 29.6. The normalized spacial score (nSPS) is 14.9. The van der Waals surface area contributed by atoms with E-state index in [9.17, 15) is 43.2 Å². The van der Waals surface area contributed by atoms with Crippen LogP contribution >= 0.6 is 15.6 Å². The third-order valence-electron chi connectivity index (χ3n) is 16.8. The van der Waals surface area contributed by atoms with E-state index in [2.05, 4.69) is 55.4 Å². The smallest absolute Gasteiger partial charge is 0.462 e. The Morgan fingerprint density at radius 1 is 0.315 bits per heavy atom. The topological polar surface area (TPSA) is 237 Å². The summed E-state index contributed by atoms with van der Waals surface area (Å²) in [7, 11) is -9.90. The molecule has 0 aromatic heterocycles. The van der Waals surface area contributed by atoms with Gasteiger partial charge in [0, 0.05) is 25.7 Å². The largest absolute Gasteiger partial charge is 0.472 e. The molecule has 0 heterocycles. The van der Waals surface area contributed by atoms with Crippen LogP contribution in [0.1, 0.15) is 344 Å². The number of carbonyl (C=O) groups is 4. The maximum absolute atomic E-state index is 13.0. The molecular weight excluding hydrogens is 1170 g/mol. The van der Waals surface area contributed by atoms with E-state index < -0.39 is 97.5 Å². The van der Waals surface area contributed by atoms with Crippen LogP contribution in [0, 0.1) is 23.7 Å². The number of rotatable bonds is 67. The third kappa shape index (κ3) is 62.0. The lowest BCUT2D eigenvalue weighted by atomic mass is 9.99. The van der Waals surface area contributed by atoms with Crippen LogP contribution in [0.3, 0.4) is 0 Å². The molecule has 17 nitrogen and oxygen atoms in total. The molecule has 89 heavy (non-hydrogen) atoms. The summed E-state index contributed by atoms with van der Waals surface area (Å²) in [6, 6.07) is 0. The standard InChI is InChI=1S/C70H136O17P2/c1-9-62(7)48-40-32-24-18-15-16-19-25-34-42-50-67(72)80-56-65(87-70(75)53-45-37-27-21-23-31-39-47-61(5)6)58-84-88(76,77)82-54-64(71)55-83-89(78,79)85-59-66(57-81-68(73)51-43-35-29-28-33-41-49-63(8)10-2)86-69(74)52-44-36-26-20-14-12-11-13-17-22-30-38-46-60(3)4/h60-66,71H,9-59H2,1-8H3,(H,76,77)(H,78,79)/t62?,63?,64-,65-,66-/m1/s1. The molecule has 0 aliphatic heterocycles. The molecule has 0 saturated carbocycles.